The Morgan fingerprint density at radius 2 is 2.00 bits per heavy atom. The number of anilines is 1. The molecule has 0 saturated carbocycles. The first-order valence-electron chi connectivity index (χ1n) is 6.44. The van der Waals surface area contributed by atoms with Gasteiger partial charge < -0.3 is 9.84 Å². The highest BCUT2D eigenvalue weighted by Crippen LogP contribution is 2.16. The Morgan fingerprint density at radius 1 is 1.25 bits per heavy atom. The van der Waals surface area contributed by atoms with E-state index in [0.717, 1.165) is 5.69 Å². The van der Waals surface area contributed by atoms with Gasteiger partial charge in [0.25, 0.3) is 0 Å². The molecule has 108 valence electrons. The summed E-state index contributed by atoms with van der Waals surface area (Å²) in [6.45, 7) is 2.49. The predicted molar refractivity (Wildman–Crippen MR) is 75.3 cm³/mol. The third-order valence-electron chi connectivity index (χ3n) is 2.76. The number of hydrogen-bond donors (Lipinski definition) is 1. The zero-order valence-electron chi connectivity index (χ0n) is 11.2. The van der Waals surface area contributed by atoms with E-state index in [1.807, 2.05) is 6.92 Å². The SMILES string of the molecule is CCCS(=O)(=O)c1ccc(NCCc2ncno2)cc1. The van der Waals surface area contributed by atoms with Crippen LogP contribution in [-0.2, 0) is 16.3 Å². The van der Waals surface area contributed by atoms with Crippen LogP contribution in [0.3, 0.4) is 0 Å². The number of rotatable bonds is 7. The molecule has 0 bridgehead atoms. The van der Waals surface area contributed by atoms with Crippen LogP contribution in [0.5, 0.6) is 0 Å². The highest BCUT2D eigenvalue weighted by atomic mass is 32.2. The fourth-order valence-electron chi connectivity index (χ4n) is 1.79. The van der Waals surface area contributed by atoms with E-state index >= 15 is 0 Å². The molecule has 0 aliphatic carbocycles. The molecule has 0 atom stereocenters. The Bertz CT molecular complexity index is 621. The zero-order valence-corrected chi connectivity index (χ0v) is 12.1. The van der Waals surface area contributed by atoms with E-state index in [-0.39, 0.29) is 5.75 Å². The second kappa shape index (κ2) is 6.51. The number of nitrogens with zero attached hydrogens (tertiary/aromatic N) is 2. The standard InChI is InChI=1S/C13H17N3O3S/c1-2-9-20(17,18)12-5-3-11(4-6-12)14-8-7-13-15-10-16-19-13/h3-6,10,14H,2,7-9H2,1H3. The van der Waals surface area contributed by atoms with Crippen molar-refractivity contribution in [1.82, 2.24) is 10.1 Å². The molecule has 1 N–H and O–H groups in total. The van der Waals surface area contributed by atoms with Gasteiger partial charge in [-0.25, -0.2) is 8.42 Å². The van der Waals surface area contributed by atoms with Crippen LogP contribution >= 0.6 is 0 Å². The number of benzene rings is 1. The normalized spacial score (nSPS) is 11.4. The van der Waals surface area contributed by atoms with Crippen LogP contribution in [0, 0.1) is 0 Å². The van der Waals surface area contributed by atoms with Crippen molar-refractivity contribution in [3.8, 4) is 0 Å². The molecule has 0 amide bonds. The Hall–Kier alpha value is -1.89. The first-order chi connectivity index (χ1) is 9.62. The molecule has 0 aliphatic rings. The maximum Gasteiger partial charge on any atom is 0.228 e. The van der Waals surface area contributed by atoms with Crippen molar-refractivity contribution in [2.75, 3.05) is 17.6 Å². The molecule has 0 unspecified atom stereocenters. The minimum absolute atomic E-state index is 0.178. The molecule has 20 heavy (non-hydrogen) atoms. The lowest BCUT2D eigenvalue weighted by molar-refractivity contribution is 0.380. The molecule has 7 heteroatoms. The Kier molecular flexibility index (Phi) is 4.73. The first-order valence-corrected chi connectivity index (χ1v) is 8.09. The second-order valence-electron chi connectivity index (χ2n) is 4.36. The summed E-state index contributed by atoms with van der Waals surface area (Å²) in [4.78, 5) is 4.28. The van der Waals surface area contributed by atoms with Gasteiger partial charge in [-0.1, -0.05) is 12.1 Å². The van der Waals surface area contributed by atoms with E-state index in [0.29, 0.717) is 30.2 Å². The van der Waals surface area contributed by atoms with Crippen LogP contribution in [0.4, 0.5) is 5.69 Å². The highest BCUT2D eigenvalue weighted by Gasteiger charge is 2.12. The highest BCUT2D eigenvalue weighted by molar-refractivity contribution is 7.91. The van der Waals surface area contributed by atoms with Crippen molar-refractivity contribution < 1.29 is 12.9 Å². The van der Waals surface area contributed by atoms with Gasteiger partial charge in [0, 0.05) is 18.7 Å². The summed E-state index contributed by atoms with van der Waals surface area (Å²) in [7, 11) is -3.14. The maximum absolute atomic E-state index is 11.9. The van der Waals surface area contributed by atoms with Gasteiger partial charge in [0.1, 0.15) is 0 Å². The lowest BCUT2D eigenvalue weighted by Gasteiger charge is -2.07. The summed E-state index contributed by atoms with van der Waals surface area (Å²) in [5.41, 5.74) is 0.861. The molecule has 0 aliphatic heterocycles. The van der Waals surface area contributed by atoms with Crippen molar-refractivity contribution in [2.24, 2.45) is 0 Å². The Balaban J connectivity index is 1.91. The smallest absolute Gasteiger partial charge is 0.228 e. The van der Waals surface area contributed by atoms with E-state index in [9.17, 15) is 8.42 Å². The van der Waals surface area contributed by atoms with E-state index in [1.165, 1.54) is 6.33 Å². The average molecular weight is 295 g/mol. The molecule has 2 rings (SSSR count). The second-order valence-corrected chi connectivity index (χ2v) is 6.46. The van der Waals surface area contributed by atoms with Crippen LogP contribution in [0.15, 0.2) is 40.0 Å². The molecular weight excluding hydrogens is 278 g/mol. The van der Waals surface area contributed by atoms with Crippen LogP contribution in [0.1, 0.15) is 19.2 Å². The van der Waals surface area contributed by atoms with Gasteiger partial charge in [0.2, 0.25) is 5.89 Å². The van der Waals surface area contributed by atoms with Crippen molar-refractivity contribution >= 4 is 15.5 Å². The molecule has 0 saturated heterocycles. The number of hydrogen-bond acceptors (Lipinski definition) is 6. The predicted octanol–water partition coefficient (Wildman–Crippen LogP) is 1.91. The van der Waals surface area contributed by atoms with Crippen molar-refractivity contribution in [1.29, 1.82) is 0 Å². The fourth-order valence-corrected chi connectivity index (χ4v) is 3.11. The number of sulfone groups is 1. The lowest BCUT2D eigenvalue weighted by Crippen LogP contribution is -2.07. The summed E-state index contributed by atoms with van der Waals surface area (Å²) in [5, 5.41) is 6.69. The van der Waals surface area contributed by atoms with E-state index in [1.54, 1.807) is 24.3 Å². The molecule has 0 fully saturated rings. The minimum Gasteiger partial charge on any atom is -0.385 e. The van der Waals surface area contributed by atoms with Gasteiger partial charge in [-0.3, -0.25) is 0 Å². The molecule has 0 spiro atoms. The molecule has 1 aromatic heterocycles. The van der Waals surface area contributed by atoms with E-state index in [4.69, 9.17) is 4.52 Å². The number of nitrogens with one attached hydrogen (secondary N) is 1. The number of aromatic nitrogens is 2. The van der Waals surface area contributed by atoms with Gasteiger partial charge in [0.05, 0.1) is 10.6 Å². The Labute approximate surface area is 118 Å². The average Bonchev–Trinajstić information content (AvgIpc) is 2.92. The van der Waals surface area contributed by atoms with Gasteiger partial charge in [-0.2, -0.15) is 4.98 Å². The maximum atomic E-state index is 11.9. The largest absolute Gasteiger partial charge is 0.385 e. The Morgan fingerprint density at radius 3 is 2.60 bits per heavy atom. The van der Waals surface area contributed by atoms with E-state index < -0.39 is 9.84 Å². The van der Waals surface area contributed by atoms with Crippen molar-refractivity contribution in [3.63, 3.8) is 0 Å². The van der Waals surface area contributed by atoms with E-state index in [2.05, 4.69) is 15.5 Å². The van der Waals surface area contributed by atoms with Gasteiger partial charge >= 0.3 is 0 Å². The van der Waals surface area contributed by atoms with Gasteiger partial charge in [-0.05, 0) is 30.7 Å². The first kappa shape index (κ1) is 14.5. The molecule has 2 aromatic rings. The summed E-state index contributed by atoms with van der Waals surface area (Å²) in [6.07, 6.45) is 2.60. The molecule has 1 heterocycles. The van der Waals surface area contributed by atoms with Gasteiger partial charge in [-0.15, -0.1) is 0 Å². The molecule has 0 radical (unpaired) electrons. The summed E-state index contributed by atoms with van der Waals surface area (Å²) in [5.74, 6) is 0.747. The monoisotopic (exact) mass is 295 g/mol. The molecular formula is C13H17N3O3S. The molecule has 1 aromatic carbocycles. The third kappa shape index (κ3) is 3.80. The van der Waals surface area contributed by atoms with Crippen LogP contribution < -0.4 is 5.32 Å². The summed E-state index contributed by atoms with van der Waals surface area (Å²) >= 11 is 0. The topological polar surface area (TPSA) is 85.1 Å². The van der Waals surface area contributed by atoms with Crippen LogP contribution in [-0.4, -0.2) is 30.9 Å². The summed E-state index contributed by atoms with van der Waals surface area (Å²) < 4.78 is 28.6. The van der Waals surface area contributed by atoms with Crippen molar-refractivity contribution in [3.05, 3.63) is 36.5 Å². The minimum atomic E-state index is -3.14. The van der Waals surface area contributed by atoms with Gasteiger partial charge in [0.15, 0.2) is 16.2 Å². The fraction of sp³-hybridized carbons (Fsp3) is 0.385. The summed E-state index contributed by atoms with van der Waals surface area (Å²) in [6, 6.07) is 6.77. The third-order valence-corrected chi connectivity index (χ3v) is 4.70. The van der Waals surface area contributed by atoms with Crippen molar-refractivity contribution in [2.45, 2.75) is 24.7 Å². The molecule has 6 nitrogen and oxygen atoms in total. The van der Waals surface area contributed by atoms with Crippen LogP contribution in [0.25, 0.3) is 0 Å². The zero-order chi connectivity index (χ0) is 14.4. The quantitative estimate of drug-likeness (QED) is 0.840. The van der Waals surface area contributed by atoms with Crippen LogP contribution in [0.2, 0.25) is 0 Å². The lowest BCUT2D eigenvalue weighted by atomic mass is 10.3.